The molecule has 0 aliphatic rings. The van der Waals surface area contributed by atoms with E-state index in [4.69, 9.17) is 0 Å². The molecule has 0 atom stereocenters. The summed E-state index contributed by atoms with van der Waals surface area (Å²) in [6, 6.07) is 7.22. The molecule has 1 aromatic heterocycles. The molecule has 0 saturated carbocycles. The summed E-state index contributed by atoms with van der Waals surface area (Å²) in [5.74, 6) is -0.853. The van der Waals surface area contributed by atoms with Gasteiger partial charge in [-0.1, -0.05) is 18.2 Å². The highest BCUT2D eigenvalue weighted by atomic mass is 32.1. The number of hydrogen-bond acceptors (Lipinski definition) is 4. The lowest BCUT2D eigenvalue weighted by atomic mass is 10.0. The maximum Gasteiger partial charge on any atom is 0.335 e. The Morgan fingerprint density at radius 1 is 1.29 bits per heavy atom. The molecule has 0 bridgehead atoms. The number of aryl methyl sites for hydroxylation is 1. The molecule has 0 fully saturated rings. The smallest absolute Gasteiger partial charge is 0.335 e. The maximum absolute atomic E-state index is 11.2. The quantitative estimate of drug-likeness (QED) is 0.854. The number of likely N-dealkylation sites (N-methyl/N-ethyl adjacent to an activating group) is 1. The van der Waals surface area contributed by atoms with Crippen LogP contribution in [0.15, 0.2) is 29.8 Å². The number of benzene rings is 1. The van der Waals surface area contributed by atoms with E-state index in [9.17, 15) is 9.90 Å². The van der Waals surface area contributed by atoms with E-state index in [-0.39, 0.29) is 0 Å². The second kappa shape index (κ2) is 7.33. The molecule has 0 unspecified atom stereocenters. The molecular weight excluding hydrogens is 284 g/mol. The molecule has 0 aliphatic heterocycles. The van der Waals surface area contributed by atoms with Crippen LogP contribution >= 0.6 is 11.3 Å². The summed E-state index contributed by atoms with van der Waals surface area (Å²) < 4.78 is 0. The molecule has 5 heteroatoms. The van der Waals surface area contributed by atoms with Crippen molar-refractivity contribution in [1.29, 1.82) is 0 Å². The minimum atomic E-state index is -0.853. The SMILES string of the molecule is Cc1ncsc1CCN(C)CCc1ccccc1C(=O)O. The molecule has 1 heterocycles. The predicted octanol–water partition coefficient (Wildman–Crippen LogP) is 2.87. The van der Waals surface area contributed by atoms with Crippen LogP contribution in [0.4, 0.5) is 0 Å². The molecule has 2 aromatic rings. The zero-order chi connectivity index (χ0) is 15.2. The Balaban J connectivity index is 1.85. The first-order valence-electron chi connectivity index (χ1n) is 6.96. The summed E-state index contributed by atoms with van der Waals surface area (Å²) in [5.41, 5.74) is 4.30. The van der Waals surface area contributed by atoms with Crippen molar-refractivity contribution in [3.8, 4) is 0 Å². The second-order valence-corrected chi connectivity index (χ2v) is 6.07. The Morgan fingerprint density at radius 3 is 2.67 bits per heavy atom. The fourth-order valence-electron chi connectivity index (χ4n) is 2.23. The van der Waals surface area contributed by atoms with Gasteiger partial charge in [-0.25, -0.2) is 9.78 Å². The van der Waals surface area contributed by atoms with Crippen molar-refractivity contribution in [2.45, 2.75) is 19.8 Å². The standard InChI is InChI=1S/C16H20N2O2S/c1-12-15(21-11-17-12)8-10-18(2)9-7-13-5-3-4-6-14(13)16(19)20/h3-6,11H,7-10H2,1-2H3,(H,19,20). The number of hydrogen-bond donors (Lipinski definition) is 1. The third kappa shape index (κ3) is 4.37. The largest absolute Gasteiger partial charge is 0.478 e. The van der Waals surface area contributed by atoms with Crippen LogP contribution in [-0.2, 0) is 12.8 Å². The van der Waals surface area contributed by atoms with Gasteiger partial charge in [0.05, 0.1) is 16.8 Å². The van der Waals surface area contributed by atoms with E-state index in [1.54, 1.807) is 23.5 Å². The van der Waals surface area contributed by atoms with Gasteiger partial charge < -0.3 is 10.0 Å². The lowest BCUT2D eigenvalue weighted by molar-refractivity contribution is 0.0695. The molecule has 0 radical (unpaired) electrons. The minimum Gasteiger partial charge on any atom is -0.478 e. The zero-order valence-corrected chi connectivity index (χ0v) is 13.2. The van der Waals surface area contributed by atoms with Gasteiger partial charge >= 0.3 is 5.97 Å². The summed E-state index contributed by atoms with van der Waals surface area (Å²) in [5, 5.41) is 9.17. The molecular formula is C16H20N2O2S. The van der Waals surface area contributed by atoms with Crippen LogP contribution in [-0.4, -0.2) is 41.1 Å². The van der Waals surface area contributed by atoms with Crippen molar-refractivity contribution in [1.82, 2.24) is 9.88 Å². The van der Waals surface area contributed by atoms with E-state index in [0.29, 0.717) is 5.56 Å². The summed E-state index contributed by atoms with van der Waals surface area (Å²) in [6.45, 7) is 3.84. The normalized spacial score (nSPS) is 11.0. The summed E-state index contributed by atoms with van der Waals surface area (Å²) in [7, 11) is 2.07. The second-order valence-electron chi connectivity index (χ2n) is 5.13. The van der Waals surface area contributed by atoms with Crippen LogP contribution in [0.2, 0.25) is 0 Å². The molecule has 21 heavy (non-hydrogen) atoms. The molecule has 0 aliphatic carbocycles. The zero-order valence-electron chi connectivity index (χ0n) is 12.4. The highest BCUT2D eigenvalue weighted by Crippen LogP contribution is 2.14. The molecule has 112 valence electrons. The molecule has 0 amide bonds. The summed E-state index contributed by atoms with van der Waals surface area (Å²) in [6.07, 6.45) is 1.74. The monoisotopic (exact) mass is 304 g/mol. The summed E-state index contributed by atoms with van der Waals surface area (Å²) >= 11 is 1.70. The van der Waals surface area contributed by atoms with Crippen LogP contribution in [0.25, 0.3) is 0 Å². The fourth-order valence-corrected chi connectivity index (χ4v) is 3.00. The highest BCUT2D eigenvalue weighted by Gasteiger charge is 2.10. The average Bonchev–Trinajstić information content (AvgIpc) is 2.88. The van der Waals surface area contributed by atoms with E-state index < -0.39 is 5.97 Å². The van der Waals surface area contributed by atoms with Gasteiger partial charge in [-0.15, -0.1) is 11.3 Å². The van der Waals surface area contributed by atoms with Gasteiger partial charge in [-0.2, -0.15) is 0 Å². The van der Waals surface area contributed by atoms with Gasteiger partial charge in [-0.3, -0.25) is 0 Å². The maximum atomic E-state index is 11.2. The Morgan fingerprint density at radius 2 is 2.00 bits per heavy atom. The molecule has 0 spiro atoms. The first-order chi connectivity index (χ1) is 10.1. The van der Waals surface area contributed by atoms with Crippen molar-refractivity contribution < 1.29 is 9.90 Å². The highest BCUT2D eigenvalue weighted by molar-refractivity contribution is 7.09. The third-order valence-corrected chi connectivity index (χ3v) is 4.57. The molecule has 0 saturated heterocycles. The van der Waals surface area contributed by atoms with Crippen LogP contribution < -0.4 is 0 Å². The van der Waals surface area contributed by atoms with Crippen molar-refractivity contribution in [3.63, 3.8) is 0 Å². The van der Waals surface area contributed by atoms with Crippen LogP contribution in [0, 0.1) is 6.92 Å². The first-order valence-corrected chi connectivity index (χ1v) is 7.84. The number of carbonyl (C=O) groups is 1. The average molecular weight is 304 g/mol. The van der Waals surface area contributed by atoms with Crippen LogP contribution in [0.3, 0.4) is 0 Å². The van der Waals surface area contributed by atoms with Gasteiger partial charge in [0, 0.05) is 18.0 Å². The van der Waals surface area contributed by atoms with E-state index in [2.05, 4.69) is 16.9 Å². The number of carboxylic acids is 1. The van der Waals surface area contributed by atoms with Gasteiger partial charge in [0.15, 0.2) is 0 Å². The van der Waals surface area contributed by atoms with Gasteiger partial charge in [0.25, 0.3) is 0 Å². The number of thiazole rings is 1. The first kappa shape index (κ1) is 15.7. The van der Waals surface area contributed by atoms with Crippen LogP contribution in [0.1, 0.15) is 26.5 Å². The van der Waals surface area contributed by atoms with Gasteiger partial charge in [0.2, 0.25) is 0 Å². The Bertz CT molecular complexity index is 610. The summed E-state index contributed by atoms with van der Waals surface area (Å²) in [4.78, 5) is 19.0. The molecule has 1 aromatic carbocycles. The Hall–Kier alpha value is -1.72. The lowest BCUT2D eigenvalue weighted by Crippen LogP contribution is -2.24. The predicted molar refractivity (Wildman–Crippen MR) is 85.2 cm³/mol. The number of aromatic nitrogens is 1. The Kier molecular flexibility index (Phi) is 5.47. The number of rotatable bonds is 7. The number of carboxylic acid groups (broad SMARTS) is 1. The van der Waals surface area contributed by atoms with E-state index >= 15 is 0 Å². The van der Waals surface area contributed by atoms with Crippen molar-refractivity contribution in [3.05, 3.63) is 51.5 Å². The number of nitrogens with zero attached hydrogens (tertiary/aromatic N) is 2. The van der Waals surface area contributed by atoms with Crippen molar-refractivity contribution in [2.75, 3.05) is 20.1 Å². The molecule has 2 rings (SSSR count). The van der Waals surface area contributed by atoms with E-state index in [1.165, 1.54) is 4.88 Å². The van der Waals surface area contributed by atoms with Crippen molar-refractivity contribution >= 4 is 17.3 Å². The third-order valence-electron chi connectivity index (χ3n) is 3.58. The minimum absolute atomic E-state index is 0.407. The van der Waals surface area contributed by atoms with E-state index in [0.717, 1.165) is 37.2 Å². The van der Waals surface area contributed by atoms with E-state index in [1.807, 2.05) is 24.6 Å². The van der Waals surface area contributed by atoms with Gasteiger partial charge in [0.1, 0.15) is 0 Å². The molecule has 4 nitrogen and oxygen atoms in total. The molecule has 1 N–H and O–H groups in total. The Labute approximate surface area is 129 Å². The van der Waals surface area contributed by atoms with Gasteiger partial charge in [-0.05, 0) is 38.4 Å². The number of aromatic carboxylic acids is 1. The topological polar surface area (TPSA) is 53.4 Å². The lowest BCUT2D eigenvalue weighted by Gasteiger charge is -2.16. The fraction of sp³-hybridized carbons (Fsp3) is 0.375. The van der Waals surface area contributed by atoms with Crippen molar-refractivity contribution in [2.24, 2.45) is 0 Å². The van der Waals surface area contributed by atoms with Crippen LogP contribution in [0.5, 0.6) is 0 Å².